The van der Waals surface area contributed by atoms with E-state index in [0.717, 1.165) is 5.56 Å². The molecule has 0 aromatic heterocycles. The molecule has 2 aromatic carbocycles. The van der Waals surface area contributed by atoms with Gasteiger partial charge in [0.2, 0.25) is 0 Å². The summed E-state index contributed by atoms with van der Waals surface area (Å²) in [7, 11) is 1.66. The number of anilines is 1. The molecule has 0 radical (unpaired) electrons. The van der Waals surface area contributed by atoms with Crippen molar-refractivity contribution in [3.8, 4) is 5.75 Å². The van der Waals surface area contributed by atoms with E-state index in [1.165, 1.54) is 17.0 Å². The van der Waals surface area contributed by atoms with Crippen LogP contribution in [0.2, 0.25) is 5.02 Å². The Morgan fingerprint density at radius 3 is 2.65 bits per heavy atom. The van der Waals surface area contributed by atoms with E-state index in [1.54, 1.807) is 19.2 Å². The smallest absolute Gasteiger partial charge is 0.257 e. The zero-order valence-electron chi connectivity index (χ0n) is 11.0. The number of amides is 1. The van der Waals surface area contributed by atoms with Gasteiger partial charge >= 0.3 is 0 Å². The van der Waals surface area contributed by atoms with Gasteiger partial charge in [-0.05, 0) is 29.8 Å². The van der Waals surface area contributed by atoms with Gasteiger partial charge < -0.3 is 15.7 Å². The lowest BCUT2D eigenvalue weighted by Gasteiger charge is -2.19. The molecule has 4 nitrogen and oxygen atoms in total. The maximum Gasteiger partial charge on any atom is 0.257 e. The molecule has 104 valence electrons. The van der Waals surface area contributed by atoms with Gasteiger partial charge in [0.05, 0.1) is 5.56 Å². The number of carbonyl (C=O) groups is 1. The number of halogens is 1. The predicted octanol–water partition coefficient (Wildman–Crippen LogP) is 2.90. The number of rotatable bonds is 3. The molecule has 0 aliphatic heterocycles. The van der Waals surface area contributed by atoms with Gasteiger partial charge in [0.1, 0.15) is 5.75 Å². The average molecular weight is 291 g/mol. The average Bonchev–Trinajstić information content (AvgIpc) is 2.40. The molecule has 0 saturated carbocycles. The van der Waals surface area contributed by atoms with Crippen molar-refractivity contribution in [1.29, 1.82) is 0 Å². The van der Waals surface area contributed by atoms with Gasteiger partial charge in [-0.15, -0.1) is 0 Å². The summed E-state index contributed by atoms with van der Waals surface area (Å²) in [6.45, 7) is 0.369. The van der Waals surface area contributed by atoms with E-state index in [1.807, 2.05) is 18.2 Å². The number of nitrogen functional groups attached to an aromatic ring is 1. The highest BCUT2D eigenvalue weighted by molar-refractivity contribution is 6.30. The van der Waals surface area contributed by atoms with E-state index in [9.17, 15) is 9.90 Å². The predicted molar refractivity (Wildman–Crippen MR) is 79.8 cm³/mol. The molecule has 20 heavy (non-hydrogen) atoms. The van der Waals surface area contributed by atoms with Gasteiger partial charge in [-0.3, -0.25) is 4.79 Å². The second-order valence-corrected chi connectivity index (χ2v) is 4.96. The molecule has 2 aromatic rings. The zero-order chi connectivity index (χ0) is 14.7. The quantitative estimate of drug-likeness (QED) is 0.854. The third-order valence-corrected chi connectivity index (χ3v) is 3.23. The first-order valence-electron chi connectivity index (χ1n) is 6.06. The van der Waals surface area contributed by atoms with Crippen molar-refractivity contribution in [2.75, 3.05) is 12.8 Å². The number of nitrogens with zero attached hydrogens (tertiary/aromatic N) is 1. The van der Waals surface area contributed by atoms with Gasteiger partial charge in [0.25, 0.3) is 5.91 Å². The fourth-order valence-electron chi connectivity index (χ4n) is 1.90. The number of phenols is 1. The Hall–Kier alpha value is -2.20. The Morgan fingerprint density at radius 2 is 2.00 bits per heavy atom. The molecule has 3 N–H and O–H groups in total. The molecule has 0 aliphatic rings. The van der Waals surface area contributed by atoms with Crippen LogP contribution in [0.4, 0.5) is 5.69 Å². The van der Waals surface area contributed by atoms with Gasteiger partial charge in [0.15, 0.2) is 0 Å². The number of hydrogen-bond donors (Lipinski definition) is 2. The minimum absolute atomic E-state index is 0.129. The number of aromatic hydroxyl groups is 1. The Bertz CT molecular complexity index is 644. The fourth-order valence-corrected chi connectivity index (χ4v) is 2.06. The molecular weight excluding hydrogens is 276 g/mol. The van der Waals surface area contributed by atoms with Crippen molar-refractivity contribution in [3.05, 3.63) is 58.6 Å². The number of carbonyl (C=O) groups excluding carboxylic acids is 1. The number of hydrogen-bond acceptors (Lipinski definition) is 3. The van der Waals surface area contributed by atoms with E-state index in [4.69, 9.17) is 17.3 Å². The van der Waals surface area contributed by atoms with Crippen molar-refractivity contribution in [1.82, 2.24) is 4.90 Å². The lowest BCUT2D eigenvalue weighted by Crippen LogP contribution is -2.26. The van der Waals surface area contributed by atoms with Crippen LogP contribution >= 0.6 is 11.6 Å². The van der Waals surface area contributed by atoms with E-state index in [-0.39, 0.29) is 17.2 Å². The Morgan fingerprint density at radius 1 is 1.30 bits per heavy atom. The van der Waals surface area contributed by atoms with Crippen molar-refractivity contribution >= 4 is 23.2 Å². The topological polar surface area (TPSA) is 66.6 Å². The molecular formula is C15H15ClN2O2. The summed E-state index contributed by atoms with van der Waals surface area (Å²) in [5.74, 6) is -0.419. The fraction of sp³-hybridized carbons (Fsp3) is 0.133. The maximum atomic E-state index is 12.3. The Kier molecular flexibility index (Phi) is 4.15. The second-order valence-electron chi connectivity index (χ2n) is 4.52. The summed E-state index contributed by atoms with van der Waals surface area (Å²) < 4.78 is 0. The molecule has 0 bridgehead atoms. The Balaban J connectivity index is 2.19. The zero-order valence-corrected chi connectivity index (χ0v) is 11.8. The van der Waals surface area contributed by atoms with Crippen LogP contribution < -0.4 is 5.73 Å². The van der Waals surface area contributed by atoms with Gasteiger partial charge in [-0.2, -0.15) is 0 Å². The molecule has 0 fully saturated rings. The van der Waals surface area contributed by atoms with Gasteiger partial charge in [-0.25, -0.2) is 0 Å². The van der Waals surface area contributed by atoms with Crippen LogP contribution in [0.5, 0.6) is 5.75 Å². The number of phenolic OH excluding ortho intramolecular Hbond substituents is 1. The largest absolute Gasteiger partial charge is 0.507 e. The molecule has 1 amide bonds. The molecule has 0 heterocycles. The van der Waals surface area contributed by atoms with Crippen LogP contribution in [0.3, 0.4) is 0 Å². The highest BCUT2D eigenvalue weighted by Gasteiger charge is 2.16. The number of para-hydroxylation sites is 1. The van der Waals surface area contributed by atoms with E-state index in [0.29, 0.717) is 17.3 Å². The first-order valence-corrected chi connectivity index (χ1v) is 6.44. The van der Waals surface area contributed by atoms with Crippen LogP contribution in [0.15, 0.2) is 42.5 Å². The number of nitrogens with two attached hydrogens (primary N) is 1. The minimum Gasteiger partial charge on any atom is -0.507 e. The van der Waals surface area contributed by atoms with Crippen molar-refractivity contribution in [2.24, 2.45) is 0 Å². The lowest BCUT2D eigenvalue weighted by atomic mass is 10.1. The van der Waals surface area contributed by atoms with Crippen molar-refractivity contribution in [2.45, 2.75) is 6.54 Å². The molecule has 0 unspecified atom stereocenters. The first kappa shape index (κ1) is 14.2. The van der Waals surface area contributed by atoms with E-state index >= 15 is 0 Å². The lowest BCUT2D eigenvalue weighted by molar-refractivity contribution is 0.0782. The monoisotopic (exact) mass is 290 g/mol. The summed E-state index contributed by atoms with van der Waals surface area (Å²) in [6.07, 6.45) is 0. The minimum atomic E-state index is -0.289. The van der Waals surface area contributed by atoms with E-state index < -0.39 is 0 Å². The summed E-state index contributed by atoms with van der Waals surface area (Å²) in [5.41, 5.74) is 7.56. The summed E-state index contributed by atoms with van der Waals surface area (Å²) >= 11 is 5.75. The van der Waals surface area contributed by atoms with Crippen LogP contribution in [0.1, 0.15) is 15.9 Å². The van der Waals surface area contributed by atoms with Crippen LogP contribution in [0, 0.1) is 0 Å². The normalized spacial score (nSPS) is 10.3. The maximum absolute atomic E-state index is 12.3. The molecule has 0 spiro atoms. The summed E-state index contributed by atoms with van der Waals surface area (Å²) in [4.78, 5) is 13.8. The molecule has 5 heteroatoms. The molecule has 0 atom stereocenters. The molecule has 0 aliphatic carbocycles. The van der Waals surface area contributed by atoms with Crippen molar-refractivity contribution in [3.63, 3.8) is 0 Å². The number of benzene rings is 2. The third-order valence-electron chi connectivity index (χ3n) is 3.00. The van der Waals surface area contributed by atoms with E-state index in [2.05, 4.69) is 0 Å². The third kappa shape index (κ3) is 3.03. The molecule has 2 rings (SSSR count). The Labute approximate surface area is 122 Å². The van der Waals surface area contributed by atoms with Crippen LogP contribution in [-0.2, 0) is 6.54 Å². The standard InChI is InChI=1S/C15H15ClN2O2/c1-18(9-10-4-2-3-5-13(10)17)15(20)12-7-6-11(16)8-14(12)19/h2-8,19H,9,17H2,1H3. The summed E-state index contributed by atoms with van der Waals surface area (Å²) in [6, 6.07) is 11.8. The van der Waals surface area contributed by atoms with Crippen molar-refractivity contribution < 1.29 is 9.90 Å². The van der Waals surface area contributed by atoms with Crippen LogP contribution in [-0.4, -0.2) is 23.0 Å². The molecule has 0 saturated heterocycles. The summed E-state index contributed by atoms with van der Waals surface area (Å²) in [5, 5.41) is 10.2. The second kappa shape index (κ2) is 5.84. The first-order chi connectivity index (χ1) is 9.49. The SMILES string of the molecule is CN(Cc1ccccc1N)C(=O)c1ccc(Cl)cc1O. The van der Waals surface area contributed by atoms with Gasteiger partial charge in [0, 0.05) is 24.3 Å². The van der Waals surface area contributed by atoms with Crippen LogP contribution in [0.25, 0.3) is 0 Å². The highest BCUT2D eigenvalue weighted by Crippen LogP contribution is 2.24. The van der Waals surface area contributed by atoms with Gasteiger partial charge in [-0.1, -0.05) is 29.8 Å². The highest BCUT2D eigenvalue weighted by atomic mass is 35.5.